The van der Waals surface area contributed by atoms with Gasteiger partial charge in [0.25, 0.3) is 11.6 Å². The quantitative estimate of drug-likeness (QED) is 0.205. The van der Waals surface area contributed by atoms with Crippen LogP contribution in [0.2, 0.25) is 0 Å². The van der Waals surface area contributed by atoms with Crippen LogP contribution in [0.15, 0.2) is 64.4 Å². The zero-order valence-electron chi connectivity index (χ0n) is 18.2. The Kier molecular flexibility index (Phi) is 6.06. The van der Waals surface area contributed by atoms with Crippen LogP contribution in [0.1, 0.15) is 29.1 Å². The van der Waals surface area contributed by atoms with E-state index in [-0.39, 0.29) is 41.5 Å². The van der Waals surface area contributed by atoms with Gasteiger partial charge in [-0.2, -0.15) is 0 Å². The number of non-ortho nitro benzene ring substituents is 1. The maximum atomic E-state index is 13.1. The van der Waals surface area contributed by atoms with E-state index in [0.717, 1.165) is 18.4 Å². The van der Waals surface area contributed by atoms with Crippen molar-refractivity contribution in [1.82, 2.24) is 10.2 Å². The van der Waals surface area contributed by atoms with E-state index in [2.05, 4.69) is 15.5 Å². The molecule has 2 aromatic heterocycles. The van der Waals surface area contributed by atoms with Crippen molar-refractivity contribution in [2.45, 2.75) is 19.4 Å². The highest BCUT2D eigenvalue weighted by molar-refractivity contribution is 7.15. The Morgan fingerprint density at radius 2 is 1.83 bits per heavy atom. The van der Waals surface area contributed by atoms with Crippen LogP contribution in [0.5, 0.6) is 0 Å². The first-order valence-electron chi connectivity index (χ1n) is 10.7. The van der Waals surface area contributed by atoms with Crippen LogP contribution in [-0.4, -0.2) is 27.0 Å². The van der Waals surface area contributed by atoms with E-state index in [1.807, 2.05) is 35.7 Å². The maximum Gasteiger partial charge on any atom is 0.342 e. The number of rotatable bonds is 8. The molecule has 0 atom stereocenters. The Hall–Kier alpha value is -4.38. The largest absolute Gasteiger partial charge is 0.452 e. The second-order valence-corrected chi connectivity index (χ2v) is 8.74. The Bertz CT molecular complexity index is 1390. The van der Waals surface area contributed by atoms with Gasteiger partial charge >= 0.3 is 5.97 Å². The number of nitro benzene ring substituents is 1. The lowest BCUT2D eigenvalue weighted by atomic mass is 10.0. The summed E-state index contributed by atoms with van der Waals surface area (Å²) < 4.78 is 11.0. The van der Waals surface area contributed by atoms with E-state index in [4.69, 9.17) is 9.15 Å². The predicted octanol–water partition coefficient (Wildman–Crippen LogP) is 5.08. The number of amides is 1. The maximum absolute atomic E-state index is 13.1. The lowest BCUT2D eigenvalue weighted by molar-refractivity contribution is -0.384. The first kappa shape index (κ1) is 22.4. The van der Waals surface area contributed by atoms with Crippen molar-refractivity contribution in [2.24, 2.45) is 5.92 Å². The summed E-state index contributed by atoms with van der Waals surface area (Å²) in [4.78, 5) is 35.8. The third-order valence-electron chi connectivity index (χ3n) is 5.38. The number of benzene rings is 2. The molecule has 2 aromatic carbocycles. The van der Waals surface area contributed by atoms with E-state index >= 15 is 0 Å². The topological polar surface area (TPSA) is 137 Å². The smallest absolute Gasteiger partial charge is 0.342 e. The normalized spacial score (nSPS) is 12.8. The summed E-state index contributed by atoms with van der Waals surface area (Å²) in [6, 6.07) is 15.0. The second kappa shape index (κ2) is 9.47. The van der Waals surface area contributed by atoms with Crippen LogP contribution in [0, 0.1) is 16.0 Å². The van der Waals surface area contributed by atoms with E-state index in [0.29, 0.717) is 16.1 Å². The van der Waals surface area contributed by atoms with Crippen LogP contribution in [0.3, 0.4) is 0 Å². The van der Waals surface area contributed by atoms with Gasteiger partial charge in [0.05, 0.1) is 4.92 Å². The van der Waals surface area contributed by atoms with Gasteiger partial charge in [0.1, 0.15) is 10.6 Å². The zero-order valence-corrected chi connectivity index (χ0v) is 19.0. The zero-order chi connectivity index (χ0) is 24.4. The highest BCUT2D eigenvalue weighted by atomic mass is 32.1. The molecule has 0 bridgehead atoms. The van der Waals surface area contributed by atoms with E-state index < -0.39 is 10.9 Å². The average molecular weight is 490 g/mol. The van der Waals surface area contributed by atoms with Crippen LogP contribution in [0.4, 0.5) is 10.7 Å². The molecule has 1 amide bonds. The number of nitrogens with one attached hydrogen (secondary N) is 1. The fourth-order valence-electron chi connectivity index (χ4n) is 3.40. The minimum Gasteiger partial charge on any atom is -0.452 e. The minimum absolute atomic E-state index is 0.0163. The molecule has 1 aliphatic carbocycles. The summed E-state index contributed by atoms with van der Waals surface area (Å²) in [5.41, 5.74) is 2.18. The molecule has 1 fully saturated rings. The molecule has 4 aromatic rings. The van der Waals surface area contributed by atoms with E-state index in [1.54, 1.807) is 0 Å². The van der Waals surface area contributed by atoms with Crippen LogP contribution in [0.25, 0.3) is 22.6 Å². The third kappa shape index (κ3) is 4.94. The lowest BCUT2D eigenvalue weighted by Crippen LogP contribution is -2.16. The monoisotopic (exact) mass is 490 g/mol. The Balaban J connectivity index is 1.33. The summed E-state index contributed by atoms with van der Waals surface area (Å²) in [7, 11) is 0. The van der Waals surface area contributed by atoms with Gasteiger partial charge in [0.15, 0.2) is 6.61 Å². The van der Waals surface area contributed by atoms with E-state index in [1.165, 1.54) is 35.6 Å². The Labute approximate surface area is 202 Å². The van der Waals surface area contributed by atoms with Gasteiger partial charge in [-0.3, -0.25) is 14.9 Å². The van der Waals surface area contributed by atoms with Gasteiger partial charge in [-0.15, -0.1) is 21.5 Å². The average Bonchev–Trinajstić information content (AvgIpc) is 3.48. The van der Waals surface area contributed by atoms with Gasteiger partial charge in [-0.1, -0.05) is 30.3 Å². The molecule has 176 valence electrons. The van der Waals surface area contributed by atoms with Crippen molar-refractivity contribution in [2.75, 3.05) is 5.32 Å². The number of aromatic nitrogens is 2. The number of ether oxygens (including phenoxy) is 1. The number of nitrogens with zero attached hydrogens (tertiary/aromatic N) is 3. The first-order valence-corrected chi connectivity index (χ1v) is 11.6. The molecule has 0 aliphatic heterocycles. The number of nitro groups is 1. The molecular weight excluding hydrogens is 472 g/mol. The summed E-state index contributed by atoms with van der Waals surface area (Å²) >= 11 is 1.27. The summed E-state index contributed by atoms with van der Waals surface area (Å²) in [5, 5.41) is 23.7. The van der Waals surface area contributed by atoms with E-state index in [9.17, 15) is 19.7 Å². The minimum atomic E-state index is -0.633. The van der Waals surface area contributed by atoms with Gasteiger partial charge < -0.3 is 14.5 Å². The summed E-state index contributed by atoms with van der Waals surface area (Å²) in [6.07, 6.45) is 1.69. The number of hydrogen-bond acceptors (Lipinski definition) is 9. The second-order valence-electron chi connectivity index (χ2n) is 7.86. The highest BCUT2D eigenvalue weighted by Gasteiger charge is 2.32. The van der Waals surface area contributed by atoms with Gasteiger partial charge in [0.2, 0.25) is 11.8 Å². The molecule has 1 N–H and O–H groups in total. The molecule has 1 aliphatic rings. The van der Waals surface area contributed by atoms with Crippen molar-refractivity contribution >= 4 is 33.9 Å². The number of hydrogen-bond donors (Lipinski definition) is 1. The molecule has 0 radical (unpaired) electrons. The molecular formula is C24H18N4O6S. The molecule has 10 nitrogen and oxygen atoms in total. The summed E-state index contributed by atoms with van der Waals surface area (Å²) in [5.74, 6) is -0.551. The number of anilines is 1. The fourth-order valence-corrected chi connectivity index (χ4v) is 4.36. The van der Waals surface area contributed by atoms with Crippen molar-refractivity contribution in [1.29, 1.82) is 0 Å². The molecule has 11 heteroatoms. The standard InChI is InChI=1S/C24H18N4O6S/c29-21(15-6-7-15)25-23-20(18(13-35-23)14-4-2-1-3-5-14)24(30)33-12-19-26-27-22(34-19)16-8-10-17(11-9-16)28(31)32/h1-5,8-11,13,15H,6-7,12H2,(H,25,29). The number of carbonyl (C=O) groups is 2. The molecule has 0 spiro atoms. The van der Waals surface area contributed by atoms with Crippen LogP contribution < -0.4 is 5.32 Å². The lowest BCUT2D eigenvalue weighted by Gasteiger charge is -2.08. The molecule has 35 heavy (non-hydrogen) atoms. The van der Waals surface area contributed by atoms with Gasteiger partial charge in [0, 0.05) is 34.6 Å². The van der Waals surface area contributed by atoms with Crippen molar-refractivity contribution in [3.05, 3.63) is 81.5 Å². The number of thiophene rings is 1. The number of carbonyl (C=O) groups excluding carboxylic acids is 2. The summed E-state index contributed by atoms with van der Waals surface area (Å²) in [6.45, 7) is -0.279. The molecule has 0 unspecified atom stereocenters. The third-order valence-corrected chi connectivity index (χ3v) is 6.28. The molecule has 0 saturated heterocycles. The Morgan fingerprint density at radius 1 is 1.09 bits per heavy atom. The van der Waals surface area contributed by atoms with Gasteiger partial charge in [-0.05, 0) is 30.5 Å². The van der Waals surface area contributed by atoms with Crippen molar-refractivity contribution in [3.63, 3.8) is 0 Å². The highest BCUT2D eigenvalue weighted by Crippen LogP contribution is 2.38. The molecule has 2 heterocycles. The SMILES string of the molecule is O=C(OCc1nnc(-c2ccc([N+](=O)[O-])cc2)o1)c1c(-c2ccccc2)csc1NC(=O)C1CC1. The van der Waals surface area contributed by atoms with Crippen molar-refractivity contribution in [3.8, 4) is 22.6 Å². The van der Waals surface area contributed by atoms with Crippen LogP contribution in [-0.2, 0) is 16.1 Å². The molecule has 1 saturated carbocycles. The molecule has 5 rings (SSSR count). The fraction of sp³-hybridized carbons (Fsp3) is 0.167. The Morgan fingerprint density at radius 3 is 2.51 bits per heavy atom. The van der Waals surface area contributed by atoms with Crippen LogP contribution >= 0.6 is 11.3 Å². The first-order chi connectivity index (χ1) is 17.0. The van der Waals surface area contributed by atoms with Gasteiger partial charge in [-0.25, -0.2) is 4.79 Å². The predicted molar refractivity (Wildman–Crippen MR) is 127 cm³/mol. The number of esters is 1. The van der Waals surface area contributed by atoms with Crippen molar-refractivity contribution < 1.29 is 23.7 Å².